The Balaban J connectivity index is 3.33. The van der Waals surface area contributed by atoms with Gasteiger partial charge in [-0.1, -0.05) is 23.2 Å². The highest BCUT2D eigenvalue weighted by Gasteiger charge is 2.10. The van der Waals surface area contributed by atoms with E-state index >= 15 is 0 Å². The minimum atomic E-state index is -1.00. The van der Waals surface area contributed by atoms with Crippen LogP contribution in [-0.2, 0) is 0 Å². The summed E-state index contributed by atoms with van der Waals surface area (Å²) in [4.78, 5) is 10.6. The van der Waals surface area contributed by atoms with E-state index in [9.17, 15) is 4.79 Å². The number of halogens is 3. The molecule has 12 heavy (non-hydrogen) atoms. The zero-order valence-electron chi connectivity index (χ0n) is 5.64. The van der Waals surface area contributed by atoms with Crippen LogP contribution in [-0.4, -0.2) is 11.1 Å². The molecule has 1 rings (SSSR count). The van der Waals surface area contributed by atoms with Crippen molar-refractivity contribution in [3.8, 4) is 0 Å². The number of hydrogen-bond donors (Lipinski definition) is 1. The predicted octanol–water partition coefficient (Wildman–Crippen LogP) is 3.30. The highest BCUT2D eigenvalue weighted by molar-refractivity contribution is 14.1. The van der Waals surface area contributed by atoms with Crippen LogP contribution in [0, 0.1) is 3.57 Å². The van der Waals surface area contributed by atoms with Gasteiger partial charge in [-0.15, -0.1) is 0 Å². The van der Waals surface area contributed by atoms with Gasteiger partial charge in [-0.2, -0.15) is 0 Å². The Morgan fingerprint density at radius 2 is 1.83 bits per heavy atom. The SMILES string of the molecule is O=C(O)c1cc(Cl)c(Cl)cc1I. The smallest absolute Gasteiger partial charge is 0.336 e. The maximum atomic E-state index is 10.6. The molecule has 2 nitrogen and oxygen atoms in total. The molecule has 1 aromatic rings. The van der Waals surface area contributed by atoms with Crippen LogP contribution in [0.15, 0.2) is 12.1 Å². The van der Waals surface area contributed by atoms with E-state index in [-0.39, 0.29) is 10.6 Å². The van der Waals surface area contributed by atoms with Crippen molar-refractivity contribution in [3.05, 3.63) is 31.3 Å². The zero-order chi connectivity index (χ0) is 9.30. The Hall–Kier alpha value is -0.000000000000000111. The minimum absolute atomic E-state index is 0.171. The van der Waals surface area contributed by atoms with Crippen molar-refractivity contribution < 1.29 is 9.90 Å². The van der Waals surface area contributed by atoms with Gasteiger partial charge in [0.15, 0.2) is 0 Å². The van der Waals surface area contributed by atoms with E-state index in [0.717, 1.165) is 0 Å². The first kappa shape index (κ1) is 10.1. The standard InChI is InChI=1S/C7H3Cl2IO2/c8-4-1-3(7(11)12)6(10)2-5(4)9/h1-2H,(H,11,12). The minimum Gasteiger partial charge on any atom is -0.478 e. The van der Waals surface area contributed by atoms with Gasteiger partial charge >= 0.3 is 5.97 Å². The summed E-state index contributed by atoms with van der Waals surface area (Å²) < 4.78 is 0.578. The fourth-order valence-electron chi connectivity index (χ4n) is 0.686. The molecule has 0 atom stereocenters. The summed E-state index contributed by atoms with van der Waals surface area (Å²) in [5.41, 5.74) is 0.171. The molecule has 0 radical (unpaired) electrons. The number of rotatable bonds is 1. The lowest BCUT2D eigenvalue weighted by Gasteiger charge is -2.00. The lowest BCUT2D eigenvalue weighted by molar-refractivity contribution is 0.0696. The zero-order valence-corrected chi connectivity index (χ0v) is 9.31. The molecule has 0 bridgehead atoms. The van der Waals surface area contributed by atoms with Crippen LogP contribution in [0.2, 0.25) is 10.0 Å². The van der Waals surface area contributed by atoms with Crippen LogP contribution in [0.5, 0.6) is 0 Å². The van der Waals surface area contributed by atoms with E-state index in [1.165, 1.54) is 12.1 Å². The Kier molecular flexibility index (Phi) is 3.20. The fraction of sp³-hybridized carbons (Fsp3) is 0. The molecule has 0 unspecified atom stereocenters. The van der Waals surface area contributed by atoms with Crippen LogP contribution in [0.1, 0.15) is 10.4 Å². The first-order valence-electron chi connectivity index (χ1n) is 2.90. The monoisotopic (exact) mass is 316 g/mol. The molecule has 1 aromatic carbocycles. The molecule has 0 aliphatic heterocycles. The van der Waals surface area contributed by atoms with Gasteiger partial charge in [-0.05, 0) is 34.7 Å². The summed E-state index contributed by atoms with van der Waals surface area (Å²) in [6.45, 7) is 0. The van der Waals surface area contributed by atoms with E-state index in [0.29, 0.717) is 8.59 Å². The van der Waals surface area contributed by atoms with Crippen LogP contribution < -0.4 is 0 Å². The average molecular weight is 317 g/mol. The molecule has 0 heterocycles. The summed E-state index contributed by atoms with van der Waals surface area (Å²) in [6, 6.07) is 2.86. The number of aromatic carboxylic acids is 1. The Labute approximate surface area is 92.6 Å². The highest BCUT2D eigenvalue weighted by atomic mass is 127. The Morgan fingerprint density at radius 3 is 2.33 bits per heavy atom. The summed E-state index contributed by atoms with van der Waals surface area (Å²) in [5.74, 6) is -1.00. The van der Waals surface area contributed by atoms with Gasteiger partial charge in [-0.3, -0.25) is 0 Å². The molecule has 5 heteroatoms. The van der Waals surface area contributed by atoms with Crippen LogP contribution in [0.3, 0.4) is 0 Å². The van der Waals surface area contributed by atoms with Crippen molar-refractivity contribution >= 4 is 51.8 Å². The summed E-state index contributed by atoms with van der Waals surface area (Å²) in [5, 5.41) is 9.30. The predicted molar refractivity (Wildman–Crippen MR) is 56.1 cm³/mol. The van der Waals surface area contributed by atoms with E-state index in [4.69, 9.17) is 28.3 Å². The van der Waals surface area contributed by atoms with Crippen LogP contribution in [0.4, 0.5) is 0 Å². The molecular weight excluding hydrogens is 314 g/mol. The largest absolute Gasteiger partial charge is 0.478 e. The Morgan fingerprint density at radius 1 is 1.33 bits per heavy atom. The molecule has 1 N–H and O–H groups in total. The Bertz CT molecular complexity index is 338. The number of hydrogen-bond acceptors (Lipinski definition) is 1. The molecule has 0 aromatic heterocycles. The third-order valence-corrected chi connectivity index (χ3v) is 2.86. The maximum absolute atomic E-state index is 10.6. The van der Waals surface area contributed by atoms with Gasteiger partial charge in [0.2, 0.25) is 0 Å². The lowest BCUT2D eigenvalue weighted by Crippen LogP contribution is -1.99. The highest BCUT2D eigenvalue weighted by Crippen LogP contribution is 2.26. The molecule has 0 aliphatic carbocycles. The topological polar surface area (TPSA) is 37.3 Å². The lowest BCUT2D eigenvalue weighted by atomic mass is 10.2. The van der Waals surface area contributed by atoms with Crippen molar-refractivity contribution in [1.82, 2.24) is 0 Å². The van der Waals surface area contributed by atoms with Crippen molar-refractivity contribution in [2.24, 2.45) is 0 Å². The van der Waals surface area contributed by atoms with Crippen molar-refractivity contribution in [2.75, 3.05) is 0 Å². The van der Waals surface area contributed by atoms with Crippen LogP contribution in [0.25, 0.3) is 0 Å². The van der Waals surface area contributed by atoms with E-state index in [1.807, 2.05) is 22.6 Å². The molecule has 0 saturated carbocycles. The molecule has 64 valence electrons. The number of benzene rings is 1. The van der Waals surface area contributed by atoms with Crippen molar-refractivity contribution in [3.63, 3.8) is 0 Å². The van der Waals surface area contributed by atoms with Gasteiger partial charge in [0, 0.05) is 3.57 Å². The summed E-state index contributed by atoms with van der Waals surface area (Å²) >= 11 is 13.2. The van der Waals surface area contributed by atoms with E-state index < -0.39 is 5.97 Å². The first-order valence-corrected chi connectivity index (χ1v) is 4.73. The quantitative estimate of drug-likeness (QED) is 0.637. The second kappa shape index (κ2) is 3.81. The molecule has 0 fully saturated rings. The van der Waals surface area contributed by atoms with E-state index in [2.05, 4.69) is 0 Å². The second-order valence-corrected chi connectivity index (χ2v) is 4.03. The number of carboxylic acids is 1. The van der Waals surface area contributed by atoms with Gasteiger partial charge < -0.3 is 5.11 Å². The maximum Gasteiger partial charge on any atom is 0.336 e. The summed E-state index contributed by atoms with van der Waals surface area (Å²) in [7, 11) is 0. The third-order valence-electron chi connectivity index (χ3n) is 1.24. The molecule has 0 aliphatic rings. The molecule has 0 spiro atoms. The van der Waals surface area contributed by atoms with Crippen molar-refractivity contribution in [2.45, 2.75) is 0 Å². The first-order chi connectivity index (χ1) is 5.52. The normalized spacial score (nSPS) is 9.92. The fourth-order valence-corrected chi connectivity index (χ4v) is 1.90. The summed E-state index contributed by atoms with van der Waals surface area (Å²) in [6.07, 6.45) is 0. The molecule has 0 amide bonds. The third kappa shape index (κ3) is 2.02. The van der Waals surface area contributed by atoms with Gasteiger partial charge in [0.1, 0.15) is 0 Å². The van der Waals surface area contributed by atoms with Gasteiger partial charge in [-0.25, -0.2) is 4.79 Å². The van der Waals surface area contributed by atoms with Crippen LogP contribution >= 0.6 is 45.8 Å². The van der Waals surface area contributed by atoms with Crippen molar-refractivity contribution in [1.29, 1.82) is 0 Å². The van der Waals surface area contributed by atoms with Gasteiger partial charge in [0.05, 0.1) is 15.6 Å². The molecular formula is C7H3Cl2IO2. The van der Waals surface area contributed by atoms with E-state index in [1.54, 1.807) is 0 Å². The molecule has 0 saturated heterocycles. The second-order valence-electron chi connectivity index (χ2n) is 2.05. The average Bonchev–Trinajstić information content (AvgIpc) is 1.96. The number of carbonyl (C=O) groups is 1. The number of carboxylic acid groups (broad SMARTS) is 1. The van der Waals surface area contributed by atoms with Gasteiger partial charge in [0.25, 0.3) is 0 Å².